The summed E-state index contributed by atoms with van der Waals surface area (Å²) in [5.41, 5.74) is 2.32. The van der Waals surface area contributed by atoms with E-state index in [2.05, 4.69) is 35.0 Å². The molecule has 3 heteroatoms. The van der Waals surface area contributed by atoms with Crippen molar-refractivity contribution in [2.45, 2.75) is 25.3 Å². The molecule has 17 heavy (non-hydrogen) atoms. The Balaban J connectivity index is 1.83. The largest absolute Gasteiger partial charge is 0.308 e. The number of benzene rings is 1. The topological polar surface area (TPSA) is 24.9 Å². The Morgan fingerprint density at radius 2 is 2.06 bits per heavy atom. The molecule has 1 atom stereocenters. The Morgan fingerprint density at radius 3 is 2.82 bits per heavy atom. The van der Waals surface area contributed by atoms with Crippen molar-refractivity contribution < 1.29 is 0 Å². The number of hydrogen-bond donors (Lipinski definition) is 1. The molecule has 2 nitrogen and oxygen atoms in total. The SMILES string of the molecule is c1ccc(-c2csc([C@H]3CCCCN3)n2)cc1. The maximum absolute atomic E-state index is 4.76. The van der Waals surface area contributed by atoms with Gasteiger partial charge in [0.1, 0.15) is 5.01 Å². The molecule has 2 heterocycles. The molecular formula is C14H16N2S. The third-order valence-electron chi connectivity index (χ3n) is 3.20. The molecule has 0 amide bonds. The molecule has 1 aromatic carbocycles. The lowest BCUT2D eigenvalue weighted by molar-refractivity contribution is 0.411. The van der Waals surface area contributed by atoms with Crippen LogP contribution in [0.5, 0.6) is 0 Å². The zero-order chi connectivity index (χ0) is 11.5. The first-order valence-corrected chi connectivity index (χ1v) is 7.06. The van der Waals surface area contributed by atoms with Crippen LogP contribution in [0.25, 0.3) is 11.3 Å². The summed E-state index contributed by atoms with van der Waals surface area (Å²) in [6, 6.07) is 10.9. The molecule has 0 unspecified atom stereocenters. The van der Waals surface area contributed by atoms with Gasteiger partial charge >= 0.3 is 0 Å². The van der Waals surface area contributed by atoms with Gasteiger partial charge in [-0.25, -0.2) is 4.98 Å². The van der Waals surface area contributed by atoms with Crippen molar-refractivity contribution in [3.05, 3.63) is 40.7 Å². The molecule has 1 aromatic heterocycles. The van der Waals surface area contributed by atoms with Gasteiger partial charge in [0, 0.05) is 10.9 Å². The zero-order valence-corrected chi connectivity index (χ0v) is 10.5. The van der Waals surface area contributed by atoms with Crippen molar-refractivity contribution in [3.63, 3.8) is 0 Å². The summed E-state index contributed by atoms with van der Waals surface area (Å²) in [5, 5.41) is 6.96. The van der Waals surface area contributed by atoms with Gasteiger partial charge in [-0.2, -0.15) is 0 Å². The Morgan fingerprint density at radius 1 is 1.18 bits per heavy atom. The van der Waals surface area contributed by atoms with Gasteiger partial charge in [0.2, 0.25) is 0 Å². The first-order valence-electron chi connectivity index (χ1n) is 6.18. The van der Waals surface area contributed by atoms with Crippen LogP contribution in [0, 0.1) is 0 Å². The minimum Gasteiger partial charge on any atom is -0.308 e. The Hall–Kier alpha value is -1.19. The third kappa shape index (κ3) is 2.40. The Labute approximate surface area is 106 Å². The lowest BCUT2D eigenvalue weighted by Gasteiger charge is -2.21. The number of nitrogens with one attached hydrogen (secondary N) is 1. The second kappa shape index (κ2) is 4.98. The van der Waals surface area contributed by atoms with Gasteiger partial charge in [-0.1, -0.05) is 36.8 Å². The summed E-state index contributed by atoms with van der Waals surface area (Å²) in [5.74, 6) is 0. The number of thiazole rings is 1. The zero-order valence-electron chi connectivity index (χ0n) is 9.73. The standard InChI is InChI=1S/C14H16N2S/c1-2-6-11(7-3-1)13-10-17-14(16-13)12-8-4-5-9-15-12/h1-3,6-7,10,12,15H,4-5,8-9H2/t12-/m1/s1. The Kier molecular flexibility index (Phi) is 3.20. The van der Waals surface area contributed by atoms with Gasteiger partial charge in [-0.15, -0.1) is 11.3 Å². The molecule has 0 aliphatic carbocycles. The molecule has 0 spiro atoms. The molecule has 0 saturated carbocycles. The fraction of sp³-hybridized carbons (Fsp3) is 0.357. The highest BCUT2D eigenvalue weighted by molar-refractivity contribution is 7.10. The molecule has 1 fully saturated rings. The van der Waals surface area contributed by atoms with Crippen LogP contribution >= 0.6 is 11.3 Å². The van der Waals surface area contributed by atoms with Crippen molar-refractivity contribution in [2.75, 3.05) is 6.54 Å². The van der Waals surface area contributed by atoms with Crippen LogP contribution in [0.15, 0.2) is 35.7 Å². The number of nitrogens with zero attached hydrogens (tertiary/aromatic N) is 1. The molecule has 1 aliphatic rings. The average Bonchev–Trinajstić information content (AvgIpc) is 2.90. The highest BCUT2D eigenvalue weighted by Crippen LogP contribution is 2.29. The van der Waals surface area contributed by atoms with E-state index in [0.29, 0.717) is 6.04 Å². The summed E-state index contributed by atoms with van der Waals surface area (Å²) in [6.45, 7) is 1.13. The summed E-state index contributed by atoms with van der Waals surface area (Å²) in [4.78, 5) is 4.76. The summed E-state index contributed by atoms with van der Waals surface area (Å²) in [6.07, 6.45) is 3.84. The second-order valence-electron chi connectivity index (χ2n) is 4.44. The van der Waals surface area contributed by atoms with Crippen molar-refractivity contribution in [2.24, 2.45) is 0 Å². The van der Waals surface area contributed by atoms with E-state index >= 15 is 0 Å². The van der Waals surface area contributed by atoms with E-state index in [-0.39, 0.29) is 0 Å². The van der Waals surface area contributed by atoms with Crippen molar-refractivity contribution in [3.8, 4) is 11.3 Å². The molecule has 3 rings (SSSR count). The molecule has 0 radical (unpaired) electrons. The van der Waals surface area contributed by atoms with Crippen LogP contribution in [0.3, 0.4) is 0 Å². The van der Waals surface area contributed by atoms with Gasteiger partial charge in [-0.3, -0.25) is 0 Å². The second-order valence-corrected chi connectivity index (χ2v) is 5.33. The van der Waals surface area contributed by atoms with Crippen LogP contribution in [-0.4, -0.2) is 11.5 Å². The minimum absolute atomic E-state index is 0.478. The maximum Gasteiger partial charge on any atom is 0.110 e. The first-order chi connectivity index (χ1) is 8.43. The predicted octanol–water partition coefficient (Wildman–Crippen LogP) is 3.62. The van der Waals surface area contributed by atoms with E-state index in [1.807, 2.05) is 6.07 Å². The molecule has 0 bridgehead atoms. The van der Waals surface area contributed by atoms with Crippen LogP contribution in [0.2, 0.25) is 0 Å². The summed E-state index contributed by atoms with van der Waals surface area (Å²) >= 11 is 1.78. The van der Waals surface area contributed by atoms with Crippen molar-refractivity contribution in [1.29, 1.82) is 0 Å². The Bertz CT molecular complexity index is 472. The van der Waals surface area contributed by atoms with E-state index in [0.717, 1.165) is 12.2 Å². The maximum atomic E-state index is 4.76. The van der Waals surface area contributed by atoms with E-state index in [4.69, 9.17) is 4.98 Å². The highest BCUT2D eigenvalue weighted by atomic mass is 32.1. The van der Waals surface area contributed by atoms with E-state index in [9.17, 15) is 0 Å². The van der Waals surface area contributed by atoms with Gasteiger partial charge < -0.3 is 5.32 Å². The molecular weight excluding hydrogens is 228 g/mol. The summed E-state index contributed by atoms with van der Waals surface area (Å²) < 4.78 is 0. The smallest absolute Gasteiger partial charge is 0.110 e. The highest BCUT2D eigenvalue weighted by Gasteiger charge is 2.18. The first kappa shape index (κ1) is 10.9. The van der Waals surface area contributed by atoms with Gasteiger partial charge in [0.15, 0.2) is 0 Å². The molecule has 88 valence electrons. The fourth-order valence-corrected chi connectivity index (χ4v) is 3.19. The molecule has 1 N–H and O–H groups in total. The van der Waals surface area contributed by atoms with Crippen LogP contribution in [-0.2, 0) is 0 Å². The lowest BCUT2D eigenvalue weighted by atomic mass is 10.1. The van der Waals surface area contributed by atoms with Crippen molar-refractivity contribution in [1.82, 2.24) is 10.3 Å². The number of aromatic nitrogens is 1. The summed E-state index contributed by atoms with van der Waals surface area (Å²) in [7, 11) is 0. The quantitative estimate of drug-likeness (QED) is 0.872. The van der Waals surface area contributed by atoms with Crippen LogP contribution in [0.4, 0.5) is 0 Å². The fourth-order valence-electron chi connectivity index (χ4n) is 2.25. The average molecular weight is 244 g/mol. The number of rotatable bonds is 2. The van der Waals surface area contributed by atoms with Gasteiger partial charge in [-0.05, 0) is 19.4 Å². The predicted molar refractivity (Wildman–Crippen MR) is 72.1 cm³/mol. The lowest BCUT2D eigenvalue weighted by Crippen LogP contribution is -2.26. The molecule has 2 aromatic rings. The van der Waals surface area contributed by atoms with E-state index in [1.54, 1.807) is 11.3 Å². The molecule has 1 aliphatic heterocycles. The minimum atomic E-state index is 0.478. The van der Waals surface area contributed by atoms with Gasteiger partial charge in [0.25, 0.3) is 0 Å². The van der Waals surface area contributed by atoms with Gasteiger partial charge in [0.05, 0.1) is 11.7 Å². The number of hydrogen-bond acceptors (Lipinski definition) is 3. The monoisotopic (exact) mass is 244 g/mol. The third-order valence-corrected chi connectivity index (χ3v) is 4.16. The van der Waals surface area contributed by atoms with Crippen LogP contribution in [0.1, 0.15) is 30.3 Å². The number of piperidine rings is 1. The normalized spacial score (nSPS) is 20.4. The molecule has 1 saturated heterocycles. The van der Waals surface area contributed by atoms with E-state index < -0.39 is 0 Å². The van der Waals surface area contributed by atoms with Crippen LogP contribution < -0.4 is 5.32 Å². The van der Waals surface area contributed by atoms with Crippen molar-refractivity contribution >= 4 is 11.3 Å². The van der Waals surface area contributed by atoms with E-state index in [1.165, 1.54) is 29.8 Å².